The number of hydrogen-bond donors (Lipinski definition) is 2. The molecule has 0 spiro atoms. The Balaban J connectivity index is 1.46. The molecule has 0 radical (unpaired) electrons. The van der Waals surface area contributed by atoms with E-state index in [-0.39, 0.29) is 44.8 Å². The summed E-state index contributed by atoms with van der Waals surface area (Å²) in [4.78, 5) is 31.4. The van der Waals surface area contributed by atoms with Gasteiger partial charge in [-0.05, 0) is 30.3 Å². The Kier molecular flexibility index (Phi) is 6.07. The van der Waals surface area contributed by atoms with E-state index in [2.05, 4.69) is 20.0 Å². The first-order chi connectivity index (χ1) is 15.7. The van der Waals surface area contributed by atoms with Crippen LogP contribution in [0, 0.1) is 10.1 Å². The lowest BCUT2D eigenvalue weighted by Crippen LogP contribution is -2.37. The maximum atomic E-state index is 12.7. The number of carbonyl (C=O) groups is 1. The fraction of sp³-hybridized carbons (Fsp3) is 0.0952. The minimum absolute atomic E-state index is 0.0435. The lowest BCUT2D eigenvalue weighted by molar-refractivity contribution is -0.384. The van der Waals surface area contributed by atoms with E-state index < -0.39 is 20.9 Å². The maximum Gasteiger partial charge on any atom is 0.270 e. The van der Waals surface area contributed by atoms with Gasteiger partial charge in [0.05, 0.1) is 38.7 Å². The number of aliphatic imine (C=N–C) groups is 2. The van der Waals surface area contributed by atoms with Crippen LogP contribution in [0.2, 0.25) is 5.02 Å². The minimum Gasteiger partial charge on any atom is -0.322 e. The largest absolute Gasteiger partial charge is 0.322 e. The lowest BCUT2D eigenvalue weighted by Gasteiger charge is -2.22. The van der Waals surface area contributed by atoms with Crippen LogP contribution in [0.15, 0.2) is 81.6 Å². The molecule has 1 aliphatic heterocycles. The molecule has 2 atom stereocenters. The van der Waals surface area contributed by atoms with E-state index in [4.69, 9.17) is 11.6 Å². The highest BCUT2D eigenvalue weighted by atomic mass is 35.5. The summed E-state index contributed by atoms with van der Waals surface area (Å²) in [5.74, 6) is -0.553. The predicted molar refractivity (Wildman–Crippen MR) is 125 cm³/mol. The number of nitrogens with one attached hydrogen (secondary N) is 2. The summed E-state index contributed by atoms with van der Waals surface area (Å²) in [6.45, 7) is 0. The van der Waals surface area contributed by atoms with Crippen molar-refractivity contribution in [2.75, 3.05) is 5.32 Å². The standard InChI is InChI=1S/C21H16ClN5O5S/c22-17-10-7-14(27(29)30)11-16(17)21(28)24-13-5-8-15(9-6-13)33(31,32)26-20-12-23-18-3-1-2-4-19(18)25-20/h1-12,18-19H,(H,24,28)(H,25,26). The third-order valence-corrected chi connectivity index (χ3v) is 6.50. The molecule has 10 nitrogen and oxygen atoms in total. The zero-order valence-corrected chi connectivity index (χ0v) is 18.3. The van der Waals surface area contributed by atoms with Gasteiger partial charge in [0.25, 0.3) is 21.6 Å². The van der Waals surface area contributed by atoms with Crippen LogP contribution in [-0.2, 0) is 10.0 Å². The Morgan fingerprint density at radius 2 is 1.76 bits per heavy atom. The molecule has 0 saturated carbocycles. The van der Waals surface area contributed by atoms with E-state index in [1.807, 2.05) is 24.3 Å². The summed E-state index contributed by atoms with van der Waals surface area (Å²) >= 11 is 5.98. The molecule has 2 aromatic carbocycles. The molecule has 0 fully saturated rings. The van der Waals surface area contributed by atoms with Crippen molar-refractivity contribution >= 4 is 51.0 Å². The van der Waals surface area contributed by atoms with Crippen LogP contribution in [-0.4, -0.2) is 43.4 Å². The number of nitro benzene ring substituents is 1. The van der Waals surface area contributed by atoms with Crippen LogP contribution < -0.4 is 10.0 Å². The normalized spacial score (nSPS) is 18.9. The van der Waals surface area contributed by atoms with E-state index in [9.17, 15) is 23.3 Å². The molecule has 1 aliphatic carbocycles. The van der Waals surface area contributed by atoms with Gasteiger partial charge in [-0.1, -0.05) is 35.9 Å². The molecule has 168 valence electrons. The van der Waals surface area contributed by atoms with Gasteiger partial charge in [-0.15, -0.1) is 0 Å². The van der Waals surface area contributed by atoms with Crippen molar-refractivity contribution < 1.29 is 18.1 Å². The van der Waals surface area contributed by atoms with Crippen LogP contribution in [0.4, 0.5) is 11.4 Å². The summed E-state index contributed by atoms with van der Waals surface area (Å²) in [6.07, 6.45) is 8.77. The highest BCUT2D eigenvalue weighted by Crippen LogP contribution is 2.24. The highest BCUT2D eigenvalue weighted by Gasteiger charge is 2.23. The van der Waals surface area contributed by atoms with E-state index in [1.54, 1.807) is 0 Å². The lowest BCUT2D eigenvalue weighted by atomic mass is 10.0. The minimum atomic E-state index is -3.94. The Labute approximate surface area is 193 Å². The zero-order valence-electron chi connectivity index (χ0n) is 16.8. The van der Waals surface area contributed by atoms with Gasteiger partial charge in [0.15, 0.2) is 5.84 Å². The second kappa shape index (κ2) is 8.96. The molecule has 0 saturated heterocycles. The molecular weight excluding hydrogens is 470 g/mol. The van der Waals surface area contributed by atoms with Crippen LogP contribution >= 0.6 is 11.6 Å². The maximum absolute atomic E-state index is 12.7. The number of sulfonamides is 1. The number of fused-ring (bicyclic) bond motifs is 1. The van der Waals surface area contributed by atoms with Crippen molar-refractivity contribution in [3.63, 3.8) is 0 Å². The van der Waals surface area contributed by atoms with E-state index in [0.29, 0.717) is 0 Å². The van der Waals surface area contributed by atoms with Crippen LogP contribution in [0.3, 0.4) is 0 Å². The number of carbonyl (C=O) groups excluding carboxylic acids is 1. The fourth-order valence-corrected chi connectivity index (χ4v) is 4.35. The number of hydrogen-bond acceptors (Lipinski definition) is 7. The third kappa shape index (κ3) is 4.99. The molecule has 2 aromatic rings. The quantitative estimate of drug-likeness (QED) is 0.494. The number of halogens is 1. The van der Waals surface area contributed by atoms with Gasteiger partial charge in [-0.3, -0.25) is 29.6 Å². The predicted octanol–water partition coefficient (Wildman–Crippen LogP) is 3.12. The SMILES string of the molecule is O=C(Nc1ccc(S(=O)(=O)NC2=NC3C=CC=CC3N=C2)cc1)c1cc([N+](=O)[O-])ccc1Cl. The van der Waals surface area contributed by atoms with Crippen molar-refractivity contribution in [2.24, 2.45) is 9.98 Å². The highest BCUT2D eigenvalue weighted by molar-refractivity contribution is 7.90. The first-order valence-electron chi connectivity index (χ1n) is 9.57. The van der Waals surface area contributed by atoms with Gasteiger partial charge in [-0.2, -0.15) is 0 Å². The summed E-state index contributed by atoms with van der Waals surface area (Å²) in [6, 6.07) is 8.48. The van der Waals surface area contributed by atoms with Crippen molar-refractivity contribution in [1.29, 1.82) is 0 Å². The topological polar surface area (TPSA) is 143 Å². The number of benzene rings is 2. The summed E-state index contributed by atoms with van der Waals surface area (Å²) in [7, 11) is -3.94. The van der Waals surface area contributed by atoms with Crippen molar-refractivity contribution in [1.82, 2.24) is 4.72 Å². The molecule has 1 amide bonds. The Bertz CT molecular complexity index is 1350. The number of nitrogens with zero attached hydrogens (tertiary/aromatic N) is 3. The number of allylic oxidation sites excluding steroid dienone is 2. The molecular formula is C21H16ClN5O5S. The molecule has 4 rings (SSSR count). The van der Waals surface area contributed by atoms with Gasteiger partial charge < -0.3 is 5.32 Å². The Morgan fingerprint density at radius 3 is 2.45 bits per heavy atom. The molecule has 1 heterocycles. The number of non-ortho nitro benzene ring substituents is 1. The van der Waals surface area contributed by atoms with Crippen molar-refractivity contribution in [2.45, 2.75) is 17.0 Å². The van der Waals surface area contributed by atoms with Crippen LogP contribution in [0.1, 0.15) is 10.4 Å². The smallest absolute Gasteiger partial charge is 0.270 e. The molecule has 2 N–H and O–H groups in total. The second-order valence-corrected chi connectivity index (χ2v) is 9.14. The van der Waals surface area contributed by atoms with Crippen LogP contribution in [0.5, 0.6) is 0 Å². The molecule has 2 unspecified atom stereocenters. The monoisotopic (exact) mass is 485 g/mol. The zero-order chi connectivity index (χ0) is 23.6. The Morgan fingerprint density at radius 1 is 1.06 bits per heavy atom. The van der Waals surface area contributed by atoms with Gasteiger partial charge in [0.2, 0.25) is 0 Å². The van der Waals surface area contributed by atoms with E-state index in [1.165, 1.54) is 42.6 Å². The summed E-state index contributed by atoms with van der Waals surface area (Å²) in [5, 5.41) is 13.5. The van der Waals surface area contributed by atoms with E-state index >= 15 is 0 Å². The molecule has 0 aromatic heterocycles. The molecule has 12 heteroatoms. The number of amidine groups is 1. The van der Waals surface area contributed by atoms with Gasteiger partial charge in [0, 0.05) is 17.8 Å². The number of rotatable bonds is 5. The van der Waals surface area contributed by atoms with Crippen LogP contribution in [0.25, 0.3) is 0 Å². The summed E-state index contributed by atoms with van der Waals surface area (Å²) in [5.41, 5.74) is -0.0823. The van der Waals surface area contributed by atoms with Crippen molar-refractivity contribution in [3.8, 4) is 0 Å². The second-order valence-electron chi connectivity index (χ2n) is 7.05. The number of anilines is 1. The van der Waals surface area contributed by atoms with E-state index in [0.717, 1.165) is 6.07 Å². The molecule has 33 heavy (non-hydrogen) atoms. The summed E-state index contributed by atoms with van der Waals surface area (Å²) < 4.78 is 27.8. The Hall–Kier alpha value is -3.83. The third-order valence-electron chi connectivity index (χ3n) is 4.80. The number of amides is 1. The average molecular weight is 486 g/mol. The first-order valence-corrected chi connectivity index (χ1v) is 11.4. The van der Waals surface area contributed by atoms with Gasteiger partial charge >= 0.3 is 0 Å². The average Bonchev–Trinajstić information content (AvgIpc) is 2.79. The first kappa shape index (κ1) is 22.4. The molecule has 2 aliphatic rings. The fourth-order valence-electron chi connectivity index (χ4n) is 3.16. The molecule has 0 bridgehead atoms. The van der Waals surface area contributed by atoms with Crippen molar-refractivity contribution in [3.05, 3.63) is 87.5 Å². The van der Waals surface area contributed by atoms with Gasteiger partial charge in [-0.25, -0.2) is 8.42 Å². The van der Waals surface area contributed by atoms with Gasteiger partial charge in [0.1, 0.15) is 0 Å². The number of nitro groups is 1.